The molecule has 4 aromatic carbocycles. The van der Waals surface area contributed by atoms with Gasteiger partial charge in [-0.25, -0.2) is 0 Å². The van der Waals surface area contributed by atoms with Crippen LogP contribution in [0, 0.1) is 13.8 Å². The van der Waals surface area contributed by atoms with Crippen LogP contribution in [0.4, 0.5) is 0 Å². The molecule has 0 saturated heterocycles. The van der Waals surface area contributed by atoms with Crippen LogP contribution < -0.4 is 0 Å². The van der Waals surface area contributed by atoms with E-state index in [-0.39, 0.29) is 0 Å². The Balaban J connectivity index is 0.000000258. The third kappa shape index (κ3) is 9.36. The van der Waals surface area contributed by atoms with Crippen LogP contribution >= 0.6 is 17.0 Å². The number of hydrogen-bond acceptors (Lipinski definition) is 0. The zero-order chi connectivity index (χ0) is 23.9. The van der Waals surface area contributed by atoms with E-state index < -0.39 is 20.8 Å². The van der Waals surface area contributed by atoms with Crippen molar-refractivity contribution in [3.8, 4) is 0 Å². The van der Waals surface area contributed by atoms with E-state index in [1.54, 1.807) is 0 Å². The summed E-state index contributed by atoms with van der Waals surface area (Å²) in [6.45, 7) is 16.1. The summed E-state index contributed by atoms with van der Waals surface area (Å²) in [5.74, 6) is 0. The monoisotopic (exact) mass is 556 g/mol. The van der Waals surface area contributed by atoms with Gasteiger partial charge in [-0.05, 0) is 12.8 Å². The molecule has 4 aromatic rings. The first-order chi connectivity index (χ1) is 15.4. The molecule has 166 valence electrons. The number of aryl methyl sites for hydroxylation is 2. The molecule has 0 heterocycles. The number of rotatable bonds is 4. The topological polar surface area (TPSA) is 0 Å². The second kappa shape index (κ2) is 16.4. The van der Waals surface area contributed by atoms with Crippen molar-refractivity contribution < 1.29 is 20.8 Å². The Bertz CT molecular complexity index is 1000. The van der Waals surface area contributed by atoms with E-state index in [2.05, 4.69) is 101 Å². The quantitative estimate of drug-likeness (QED) is 0.133. The maximum atomic E-state index is 4.93. The Morgan fingerprint density at radius 3 is 1.47 bits per heavy atom. The van der Waals surface area contributed by atoms with Crippen LogP contribution in [0.25, 0.3) is 21.5 Å². The molecule has 0 aliphatic heterocycles. The molecule has 0 unspecified atom stereocenters. The molecular formula is C28H32Cl2SiZr. The Labute approximate surface area is 215 Å². The molecule has 0 nitrogen and oxygen atoms in total. The standard InChI is InChI=1S/2C13H13.C2H6Si.2ClH.Zr/c2*1-3-5-11-6-4-7-12-8-10(2)9-13(11)12;1-3-2;;;/h2*3-4,6-9H,1,5H2,2H3;1-2H3;2*1H;/q2*-1;;;;+4/p-2. The number of benzene rings is 2. The summed E-state index contributed by atoms with van der Waals surface area (Å²) in [5, 5.41) is 5.44. The summed E-state index contributed by atoms with van der Waals surface area (Å²) in [6.07, 6.45) is 5.83. The van der Waals surface area contributed by atoms with E-state index >= 15 is 0 Å². The Kier molecular flexibility index (Phi) is 14.8. The third-order valence-corrected chi connectivity index (χ3v) is 4.70. The van der Waals surface area contributed by atoms with Crippen molar-refractivity contribution in [1.29, 1.82) is 0 Å². The molecule has 0 aromatic heterocycles. The molecule has 0 amide bonds. The van der Waals surface area contributed by atoms with Crippen LogP contribution in [-0.2, 0) is 33.7 Å². The molecule has 32 heavy (non-hydrogen) atoms. The van der Waals surface area contributed by atoms with Gasteiger partial charge in [-0.3, -0.25) is 0 Å². The van der Waals surface area contributed by atoms with Gasteiger partial charge < -0.3 is 0 Å². The van der Waals surface area contributed by atoms with Crippen molar-refractivity contribution in [2.45, 2.75) is 39.8 Å². The minimum atomic E-state index is -0.826. The summed E-state index contributed by atoms with van der Waals surface area (Å²) in [4.78, 5) is 0. The average molecular weight is 559 g/mol. The molecule has 0 spiro atoms. The van der Waals surface area contributed by atoms with Crippen molar-refractivity contribution in [3.63, 3.8) is 0 Å². The van der Waals surface area contributed by atoms with E-state index in [4.69, 9.17) is 17.0 Å². The van der Waals surface area contributed by atoms with E-state index in [1.165, 1.54) is 43.8 Å². The first-order valence-corrected chi connectivity index (χ1v) is 18.8. The van der Waals surface area contributed by atoms with Crippen LogP contribution in [0.5, 0.6) is 0 Å². The fraction of sp³-hybridized carbons (Fsp3) is 0.214. The Morgan fingerprint density at radius 1 is 0.812 bits per heavy atom. The molecule has 4 rings (SSSR count). The first kappa shape index (κ1) is 28.9. The van der Waals surface area contributed by atoms with Crippen molar-refractivity contribution in [2.75, 3.05) is 0 Å². The number of hydrogen-bond donors (Lipinski definition) is 0. The van der Waals surface area contributed by atoms with Gasteiger partial charge in [0.25, 0.3) is 0 Å². The Morgan fingerprint density at radius 2 is 1.16 bits per heavy atom. The van der Waals surface area contributed by atoms with Crippen LogP contribution in [0.15, 0.2) is 86.0 Å². The van der Waals surface area contributed by atoms with Crippen LogP contribution in [-0.4, -0.2) is 9.52 Å². The second-order valence-corrected chi connectivity index (χ2v) is 12.2. The van der Waals surface area contributed by atoms with E-state index in [0.29, 0.717) is 0 Å². The Hall–Kier alpha value is -1.18. The number of fused-ring (bicyclic) bond motifs is 2. The molecule has 0 aliphatic carbocycles. The fourth-order valence-electron chi connectivity index (χ4n) is 3.57. The van der Waals surface area contributed by atoms with E-state index in [9.17, 15) is 0 Å². The number of allylic oxidation sites excluding steroid dienone is 2. The molecule has 0 bridgehead atoms. The summed E-state index contributed by atoms with van der Waals surface area (Å²) < 4.78 is 0. The molecule has 2 radical (unpaired) electrons. The van der Waals surface area contributed by atoms with Crippen LogP contribution in [0.2, 0.25) is 13.1 Å². The van der Waals surface area contributed by atoms with Gasteiger partial charge in [0.1, 0.15) is 0 Å². The average Bonchev–Trinajstić information content (AvgIpc) is 3.32. The third-order valence-electron chi connectivity index (χ3n) is 4.70. The van der Waals surface area contributed by atoms with Crippen molar-refractivity contribution >= 4 is 48.1 Å². The summed E-state index contributed by atoms with van der Waals surface area (Å²) in [7, 11) is 11.0. The van der Waals surface area contributed by atoms with E-state index in [0.717, 1.165) is 22.4 Å². The predicted octanol–water partition coefficient (Wildman–Crippen LogP) is 9.35. The molecule has 0 aliphatic rings. The molecule has 4 heteroatoms. The molecule has 0 atom stereocenters. The summed E-state index contributed by atoms with van der Waals surface area (Å²) >= 11 is -0.826. The zero-order valence-corrected chi connectivity index (χ0v) is 24.5. The van der Waals surface area contributed by atoms with Gasteiger partial charge in [-0.2, -0.15) is 12.1 Å². The minimum absolute atomic E-state index is 0.826. The second-order valence-electron chi connectivity index (χ2n) is 7.46. The SMILES string of the molecule is C=CCc1cccc2[cH-]c(C)cc12.C=CCc1cccc2[cH-]c(C)cc12.C[Si]C.[Cl][Zr+2][Cl]. The van der Waals surface area contributed by atoms with Gasteiger partial charge in [0.2, 0.25) is 0 Å². The van der Waals surface area contributed by atoms with Gasteiger partial charge in [0, 0.05) is 9.52 Å². The van der Waals surface area contributed by atoms with E-state index in [1.807, 2.05) is 12.2 Å². The van der Waals surface area contributed by atoms with Crippen molar-refractivity contribution in [2.24, 2.45) is 0 Å². The fourth-order valence-corrected chi connectivity index (χ4v) is 3.57. The normalized spacial score (nSPS) is 9.44. The van der Waals surface area contributed by atoms with Gasteiger partial charge in [0.05, 0.1) is 0 Å². The zero-order valence-electron chi connectivity index (χ0n) is 19.5. The van der Waals surface area contributed by atoms with Gasteiger partial charge in [0.15, 0.2) is 0 Å². The summed E-state index contributed by atoms with van der Waals surface area (Å²) in [5.41, 5.74) is 5.43. The summed E-state index contributed by atoms with van der Waals surface area (Å²) in [6, 6.07) is 21.8. The molecule has 0 saturated carbocycles. The molecule has 0 N–H and O–H groups in total. The van der Waals surface area contributed by atoms with Crippen molar-refractivity contribution in [3.05, 3.63) is 108 Å². The van der Waals surface area contributed by atoms with Crippen LogP contribution in [0.1, 0.15) is 22.3 Å². The van der Waals surface area contributed by atoms with Crippen molar-refractivity contribution in [1.82, 2.24) is 0 Å². The first-order valence-electron chi connectivity index (χ1n) is 10.5. The van der Waals surface area contributed by atoms with Gasteiger partial charge in [-0.1, -0.05) is 62.4 Å². The van der Waals surface area contributed by atoms with Gasteiger partial charge >= 0.3 is 37.9 Å². The molecular weight excluding hydrogens is 527 g/mol. The van der Waals surface area contributed by atoms with Crippen LogP contribution in [0.3, 0.4) is 0 Å². The molecule has 0 fully saturated rings. The van der Waals surface area contributed by atoms with Gasteiger partial charge in [-0.15, -0.1) is 82.2 Å². The maximum absolute atomic E-state index is 4.93. The number of halogens is 2. The predicted molar refractivity (Wildman–Crippen MR) is 146 cm³/mol.